The van der Waals surface area contributed by atoms with Crippen LogP contribution in [0.1, 0.15) is 64.4 Å². The maximum atomic E-state index is 13.3. The minimum atomic E-state index is -0.457. The fourth-order valence-electron chi connectivity index (χ4n) is 4.03. The van der Waals surface area contributed by atoms with E-state index in [-0.39, 0.29) is 43.1 Å². The van der Waals surface area contributed by atoms with E-state index in [0.29, 0.717) is 29.1 Å². The number of rotatable bonds is 9. The first kappa shape index (κ1) is 22.7. The average Bonchev–Trinajstić information content (AvgIpc) is 3.54. The molecule has 1 saturated carbocycles. The summed E-state index contributed by atoms with van der Waals surface area (Å²) in [6.07, 6.45) is 1.65. The Morgan fingerprint density at radius 3 is 2.32 bits per heavy atom. The van der Waals surface area contributed by atoms with Gasteiger partial charge in [-0.3, -0.25) is 9.59 Å². The molecule has 1 fully saturated rings. The van der Waals surface area contributed by atoms with Gasteiger partial charge in [0.05, 0.1) is 13.2 Å². The Morgan fingerprint density at radius 2 is 1.77 bits per heavy atom. The summed E-state index contributed by atoms with van der Waals surface area (Å²) in [4.78, 5) is 40.2. The first-order valence-electron chi connectivity index (χ1n) is 10.7. The number of halogens is 1. The highest BCUT2D eigenvalue weighted by Crippen LogP contribution is 2.32. The van der Waals surface area contributed by atoms with E-state index >= 15 is 0 Å². The van der Waals surface area contributed by atoms with Crippen molar-refractivity contribution in [1.29, 1.82) is 0 Å². The molecule has 7 heteroatoms. The number of amides is 1. The predicted molar refractivity (Wildman–Crippen MR) is 114 cm³/mol. The smallest absolute Gasteiger partial charge is 0.355 e. The molecule has 1 aliphatic rings. The number of nitrogens with zero attached hydrogens (tertiary/aromatic N) is 2. The molecule has 0 aliphatic heterocycles. The van der Waals surface area contributed by atoms with Gasteiger partial charge in [-0.05, 0) is 63.8 Å². The third-order valence-corrected chi connectivity index (χ3v) is 5.69. The van der Waals surface area contributed by atoms with Crippen LogP contribution in [0, 0.1) is 25.6 Å². The summed E-state index contributed by atoms with van der Waals surface area (Å²) >= 11 is 0. The van der Waals surface area contributed by atoms with E-state index in [4.69, 9.17) is 4.74 Å². The number of carbonyl (C=O) groups excluding carboxylic acids is 3. The zero-order valence-corrected chi connectivity index (χ0v) is 18.5. The van der Waals surface area contributed by atoms with E-state index < -0.39 is 5.97 Å². The monoisotopic (exact) mass is 428 g/mol. The van der Waals surface area contributed by atoms with Crippen LogP contribution in [0.3, 0.4) is 0 Å². The molecule has 0 N–H and O–H groups in total. The van der Waals surface area contributed by atoms with Crippen molar-refractivity contribution in [3.05, 3.63) is 58.2 Å². The zero-order valence-electron chi connectivity index (χ0n) is 18.5. The molecule has 1 aromatic carbocycles. The van der Waals surface area contributed by atoms with Gasteiger partial charge in [0.1, 0.15) is 11.5 Å². The quantitative estimate of drug-likeness (QED) is 0.446. The van der Waals surface area contributed by atoms with Gasteiger partial charge in [-0.1, -0.05) is 12.1 Å². The lowest BCUT2D eigenvalue weighted by atomic mass is 10.0. The van der Waals surface area contributed by atoms with Crippen LogP contribution in [0.5, 0.6) is 0 Å². The Bertz CT molecular complexity index is 990. The summed E-state index contributed by atoms with van der Waals surface area (Å²) in [7, 11) is 0. The molecule has 1 amide bonds. The van der Waals surface area contributed by atoms with Crippen LogP contribution in [0.15, 0.2) is 24.3 Å². The highest BCUT2D eigenvalue weighted by molar-refractivity contribution is 6.04. The van der Waals surface area contributed by atoms with E-state index in [2.05, 4.69) is 0 Å². The topological polar surface area (TPSA) is 68.6 Å². The second-order valence-corrected chi connectivity index (χ2v) is 7.92. The van der Waals surface area contributed by atoms with Crippen molar-refractivity contribution < 1.29 is 23.5 Å². The van der Waals surface area contributed by atoms with Crippen molar-refractivity contribution in [3.63, 3.8) is 0 Å². The molecule has 2 aromatic rings. The summed E-state index contributed by atoms with van der Waals surface area (Å²) in [5.41, 5.74) is 2.86. The molecule has 31 heavy (non-hydrogen) atoms. The third kappa shape index (κ3) is 4.86. The number of aromatic nitrogens is 1. The van der Waals surface area contributed by atoms with E-state index in [1.807, 2.05) is 6.92 Å². The minimum absolute atomic E-state index is 0.0502. The van der Waals surface area contributed by atoms with Gasteiger partial charge in [-0.2, -0.15) is 0 Å². The van der Waals surface area contributed by atoms with Gasteiger partial charge in [-0.15, -0.1) is 0 Å². The van der Waals surface area contributed by atoms with Crippen molar-refractivity contribution in [1.82, 2.24) is 9.47 Å². The van der Waals surface area contributed by atoms with Crippen LogP contribution < -0.4 is 0 Å². The minimum Gasteiger partial charge on any atom is -0.461 e. The van der Waals surface area contributed by atoms with E-state index in [0.717, 1.165) is 18.4 Å². The highest BCUT2D eigenvalue weighted by Gasteiger charge is 2.35. The number of carbonyl (C=O) groups is 3. The molecule has 0 radical (unpaired) electrons. The molecular formula is C24H29FN2O4. The maximum absolute atomic E-state index is 13.3. The van der Waals surface area contributed by atoms with Gasteiger partial charge >= 0.3 is 5.97 Å². The number of benzene rings is 1. The summed E-state index contributed by atoms with van der Waals surface area (Å²) in [6.45, 7) is 8.10. The molecule has 0 saturated heterocycles. The molecule has 1 aliphatic carbocycles. The standard InChI is InChI=1S/C24H29FN2O4/c1-5-27-16(4)21(15(3)22(27)24(30)31-6-2)20(28)14-26(23(29)18-9-10-18)13-17-7-11-19(25)12-8-17/h7-8,11-12,18H,5-6,9-10,13-14H2,1-4H3. The largest absolute Gasteiger partial charge is 0.461 e. The highest BCUT2D eigenvalue weighted by atomic mass is 19.1. The van der Waals surface area contributed by atoms with Crippen LogP contribution >= 0.6 is 0 Å². The lowest BCUT2D eigenvalue weighted by Gasteiger charge is -2.22. The molecule has 0 atom stereocenters. The number of ketones is 1. The van der Waals surface area contributed by atoms with Gasteiger partial charge in [-0.25, -0.2) is 9.18 Å². The normalized spacial score (nSPS) is 13.2. The molecule has 0 bridgehead atoms. The SMILES string of the molecule is CCOC(=O)c1c(C)c(C(=O)CN(Cc2ccc(F)cc2)C(=O)C2CC2)c(C)n1CC. The molecule has 1 aromatic heterocycles. The number of hydrogen-bond donors (Lipinski definition) is 0. The third-order valence-electron chi connectivity index (χ3n) is 5.69. The summed E-state index contributed by atoms with van der Waals surface area (Å²) < 4.78 is 20.2. The van der Waals surface area contributed by atoms with Gasteiger partial charge in [0, 0.05) is 30.3 Å². The van der Waals surface area contributed by atoms with Gasteiger partial charge in [0.15, 0.2) is 5.78 Å². The van der Waals surface area contributed by atoms with Crippen LogP contribution in [-0.2, 0) is 22.6 Å². The predicted octanol–water partition coefficient (Wildman–Crippen LogP) is 4.06. The number of Topliss-reactive ketones (excluding diaryl/α,β-unsaturated/α-hetero) is 1. The molecule has 1 heterocycles. The van der Waals surface area contributed by atoms with Crippen molar-refractivity contribution in [2.75, 3.05) is 13.2 Å². The Kier molecular flexibility index (Phi) is 6.93. The first-order chi connectivity index (χ1) is 14.8. The fourth-order valence-corrected chi connectivity index (χ4v) is 4.03. The molecule has 0 spiro atoms. The Labute approximate surface area is 182 Å². The number of hydrogen-bond acceptors (Lipinski definition) is 4. The molecule has 6 nitrogen and oxygen atoms in total. The lowest BCUT2D eigenvalue weighted by molar-refractivity contribution is -0.132. The van der Waals surface area contributed by atoms with E-state index in [9.17, 15) is 18.8 Å². The van der Waals surface area contributed by atoms with E-state index in [1.54, 1.807) is 42.4 Å². The van der Waals surface area contributed by atoms with Gasteiger partial charge in [0.25, 0.3) is 0 Å². The molecule has 0 unspecified atom stereocenters. The summed E-state index contributed by atoms with van der Waals surface area (Å²) in [5.74, 6) is -1.14. The first-order valence-corrected chi connectivity index (χ1v) is 10.7. The van der Waals surface area contributed by atoms with Crippen LogP contribution in [-0.4, -0.2) is 40.3 Å². The molecule has 166 valence electrons. The second-order valence-electron chi connectivity index (χ2n) is 7.92. The van der Waals surface area contributed by atoms with Crippen LogP contribution in [0.25, 0.3) is 0 Å². The fraction of sp³-hybridized carbons (Fsp3) is 0.458. The molecular weight excluding hydrogens is 399 g/mol. The Balaban J connectivity index is 1.90. The van der Waals surface area contributed by atoms with Crippen molar-refractivity contribution >= 4 is 17.7 Å². The van der Waals surface area contributed by atoms with Crippen LogP contribution in [0.4, 0.5) is 4.39 Å². The van der Waals surface area contributed by atoms with Crippen molar-refractivity contribution in [2.24, 2.45) is 5.92 Å². The number of esters is 1. The molecule has 3 rings (SSSR count). The van der Waals surface area contributed by atoms with E-state index in [1.165, 1.54) is 12.1 Å². The zero-order chi connectivity index (χ0) is 22.7. The average molecular weight is 429 g/mol. The van der Waals surface area contributed by atoms with Crippen molar-refractivity contribution in [3.8, 4) is 0 Å². The summed E-state index contributed by atoms with van der Waals surface area (Å²) in [5, 5.41) is 0. The van der Waals surface area contributed by atoms with Gasteiger partial charge in [0.2, 0.25) is 5.91 Å². The van der Waals surface area contributed by atoms with Gasteiger partial charge < -0.3 is 14.2 Å². The van der Waals surface area contributed by atoms with Crippen LogP contribution in [0.2, 0.25) is 0 Å². The number of ether oxygens (including phenoxy) is 1. The van der Waals surface area contributed by atoms with Crippen molar-refractivity contribution in [2.45, 2.75) is 53.6 Å². The maximum Gasteiger partial charge on any atom is 0.355 e. The second kappa shape index (κ2) is 9.45. The Morgan fingerprint density at radius 1 is 1.13 bits per heavy atom. The summed E-state index contributed by atoms with van der Waals surface area (Å²) in [6, 6.07) is 5.93. The lowest BCUT2D eigenvalue weighted by Crippen LogP contribution is -2.36. The Hall–Kier alpha value is -2.96.